The van der Waals surface area contributed by atoms with Gasteiger partial charge in [0.05, 0.1) is 0 Å². The van der Waals surface area contributed by atoms with Crippen LogP contribution in [0, 0.1) is 5.92 Å². The quantitative estimate of drug-likeness (QED) is 0.845. The lowest BCUT2D eigenvalue weighted by molar-refractivity contribution is 0.527. The third-order valence-corrected chi connectivity index (χ3v) is 2.88. The van der Waals surface area contributed by atoms with E-state index in [1.165, 1.54) is 17.1 Å². The lowest BCUT2D eigenvalue weighted by Crippen LogP contribution is -2.17. The summed E-state index contributed by atoms with van der Waals surface area (Å²) in [5.41, 5.74) is 0.311. The minimum absolute atomic E-state index is 0.267. The average Bonchev–Trinajstić information content (AvgIpc) is 2.68. The van der Waals surface area contributed by atoms with Crippen LogP contribution in [0.15, 0.2) is 17.2 Å². The Morgan fingerprint density at radius 3 is 2.89 bits per heavy atom. The van der Waals surface area contributed by atoms with E-state index in [1.54, 1.807) is 6.07 Å². The first-order valence-corrected chi connectivity index (χ1v) is 6.25. The van der Waals surface area contributed by atoms with Gasteiger partial charge in [0.2, 0.25) is 0 Å². The third kappa shape index (κ3) is 2.88. The highest BCUT2D eigenvalue weighted by Crippen LogP contribution is 2.11. The molecule has 2 aromatic rings. The van der Waals surface area contributed by atoms with Crippen molar-refractivity contribution in [3.05, 3.63) is 22.9 Å². The second-order valence-corrected chi connectivity index (χ2v) is 5.05. The minimum Gasteiger partial charge on any atom is -0.367 e. The second-order valence-electron chi connectivity index (χ2n) is 5.05. The van der Waals surface area contributed by atoms with Crippen molar-refractivity contribution in [2.75, 3.05) is 5.32 Å². The second kappa shape index (κ2) is 5.20. The van der Waals surface area contributed by atoms with Gasteiger partial charge in [0.1, 0.15) is 12.1 Å². The Kier molecular flexibility index (Phi) is 3.64. The van der Waals surface area contributed by atoms with Crippen LogP contribution in [0.5, 0.6) is 0 Å². The van der Waals surface area contributed by atoms with Gasteiger partial charge in [-0.3, -0.25) is 0 Å². The van der Waals surface area contributed by atoms with E-state index in [9.17, 15) is 4.79 Å². The van der Waals surface area contributed by atoms with E-state index in [4.69, 9.17) is 0 Å². The molecule has 0 bridgehead atoms. The molecule has 2 aromatic heterocycles. The zero-order valence-electron chi connectivity index (χ0n) is 11.0. The summed E-state index contributed by atoms with van der Waals surface area (Å²) in [5, 5.41) is 9.61. The molecule has 18 heavy (non-hydrogen) atoms. The fourth-order valence-electron chi connectivity index (χ4n) is 1.80. The molecule has 0 radical (unpaired) electrons. The number of rotatable bonds is 5. The average molecular weight is 249 g/mol. The Labute approximate surface area is 105 Å². The Balaban J connectivity index is 2.05. The fraction of sp³-hybridized carbons (Fsp3) is 0.583. The Morgan fingerprint density at radius 1 is 1.39 bits per heavy atom. The molecule has 0 saturated carbocycles. The van der Waals surface area contributed by atoms with Crippen molar-refractivity contribution < 1.29 is 0 Å². The van der Waals surface area contributed by atoms with Crippen LogP contribution >= 0.6 is 0 Å². The number of aromatic amines is 1. The summed E-state index contributed by atoms with van der Waals surface area (Å²) in [5.74, 6) is 1.45. The van der Waals surface area contributed by atoms with Crippen LogP contribution in [0.3, 0.4) is 0 Å². The van der Waals surface area contributed by atoms with Crippen LogP contribution < -0.4 is 11.0 Å². The summed E-state index contributed by atoms with van der Waals surface area (Å²) in [4.78, 5) is 15.5. The van der Waals surface area contributed by atoms with Crippen molar-refractivity contribution in [2.24, 2.45) is 5.92 Å². The molecule has 98 valence electrons. The first kappa shape index (κ1) is 12.6. The molecule has 6 nitrogen and oxygen atoms in total. The predicted octanol–water partition coefficient (Wildman–Crippen LogP) is 1.65. The van der Waals surface area contributed by atoms with Crippen molar-refractivity contribution >= 4 is 11.5 Å². The SMILES string of the molecule is CC(C)CCC(C)Nc1cc2n[nH]c(=O)n2cn1. The number of fused-ring (bicyclic) bond motifs is 1. The zero-order chi connectivity index (χ0) is 13.1. The van der Waals surface area contributed by atoms with Crippen molar-refractivity contribution in [3.63, 3.8) is 0 Å². The largest absolute Gasteiger partial charge is 0.367 e. The highest BCUT2D eigenvalue weighted by atomic mass is 16.1. The Hall–Kier alpha value is -1.85. The molecule has 0 aromatic carbocycles. The smallest absolute Gasteiger partial charge is 0.348 e. The maximum absolute atomic E-state index is 11.3. The molecule has 0 aliphatic heterocycles. The van der Waals surface area contributed by atoms with E-state index < -0.39 is 0 Å². The summed E-state index contributed by atoms with van der Waals surface area (Å²) in [6.07, 6.45) is 3.76. The van der Waals surface area contributed by atoms with Crippen LogP contribution in [0.4, 0.5) is 5.82 Å². The van der Waals surface area contributed by atoms with Crippen LogP contribution in [0.25, 0.3) is 5.65 Å². The molecule has 2 N–H and O–H groups in total. The molecular weight excluding hydrogens is 230 g/mol. The van der Waals surface area contributed by atoms with Gasteiger partial charge < -0.3 is 5.32 Å². The molecule has 1 atom stereocenters. The van der Waals surface area contributed by atoms with E-state index in [0.717, 1.165) is 12.2 Å². The number of nitrogens with one attached hydrogen (secondary N) is 2. The van der Waals surface area contributed by atoms with E-state index in [1.807, 2.05) is 0 Å². The van der Waals surface area contributed by atoms with Gasteiger partial charge in [-0.2, -0.15) is 5.10 Å². The van der Waals surface area contributed by atoms with Crippen molar-refractivity contribution in [3.8, 4) is 0 Å². The number of hydrogen-bond donors (Lipinski definition) is 2. The fourth-order valence-corrected chi connectivity index (χ4v) is 1.80. The van der Waals surface area contributed by atoms with Crippen LogP contribution in [0.2, 0.25) is 0 Å². The molecular formula is C12H19N5O. The van der Waals surface area contributed by atoms with Gasteiger partial charge in [-0.15, -0.1) is 0 Å². The predicted molar refractivity (Wildman–Crippen MR) is 70.8 cm³/mol. The van der Waals surface area contributed by atoms with Crippen molar-refractivity contribution in [1.82, 2.24) is 19.6 Å². The highest BCUT2D eigenvalue weighted by Gasteiger charge is 2.06. The molecule has 2 rings (SSSR count). The van der Waals surface area contributed by atoms with Crippen molar-refractivity contribution in [1.29, 1.82) is 0 Å². The zero-order valence-corrected chi connectivity index (χ0v) is 11.0. The van der Waals surface area contributed by atoms with Gasteiger partial charge in [-0.1, -0.05) is 13.8 Å². The number of hydrogen-bond acceptors (Lipinski definition) is 4. The number of anilines is 1. The Morgan fingerprint density at radius 2 is 2.17 bits per heavy atom. The molecule has 6 heteroatoms. The summed E-state index contributed by atoms with van der Waals surface area (Å²) in [6.45, 7) is 6.56. The minimum atomic E-state index is -0.267. The molecule has 0 saturated heterocycles. The number of aromatic nitrogens is 4. The normalized spacial score (nSPS) is 13.1. The molecule has 0 aliphatic rings. The lowest BCUT2D eigenvalue weighted by atomic mass is 10.0. The van der Waals surface area contributed by atoms with E-state index in [0.29, 0.717) is 17.6 Å². The van der Waals surface area contributed by atoms with E-state index in [-0.39, 0.29) is 5.69 Å². The first-order chi connectivity index (χ1) is 8.56. The summed E-state index contributed by atoms with van der Waals surface area (Å²) in [7, 11) is 0. The van der Waals surface area contributed by atoms with Gasteiger partial charge in [0.25, 0.3) is 0 Å². The van der Waals surface area contributed by atoms with Gasteiger partial charge >= 0.3 is 5.69 Å². The molecule has 0 fully saturated rings. The maximum atomic E-state index is 11.3. The highest BCUT2D eigenvalue weighted by molar-refractivity contribution is 5.48. The lowest BCUT2D eigenvalue weighted by Gasteiger charge is -2.15. The monoisotopic (exact) mass is 249 g/mol. The first-order valence-electron chi connectivity index (χ1n) is 6.25. The van der Waals surface area contributed by atoms with Crippen molar-refractivity contribution in [2.45, 2.75) is 39.7 Å². The summed E-state index contributed by atoms with van der Waals surface area (Å²) >= 11 is 0. The number of nitrogens with zero attached hydrogens (tertiary/aromatic N) is 3. The van der Waals surface area contributed by atoms with Gasteiger partial charge in [0.15, 0.2) is 5.65 Å². The molecule has 0 amide bonds. The van der Waals surface area contributed by atoms with Gasteiger partial charge in [-0.05, 0) is 25.7 Å². The maximum Gasteiger partial charge on any atom is 0.348 e. The molecule has 0 spiro atoms. The van der Waals surface area contributed by atoms with Crippen LogP contribution in [0.1, 0.15) is 33.6 Å². The van der Waals surface area contributed by atoms with Gasteiger partial charge in [0, 0.05) is 12.1 Å². The molecule has 1 unspecified atom stereocenters. The van der Waals surface area contributed by atoms with Gasteiger partial charge in [-0.25, -0.2) is 19.3 Å². The summed E-state index contributed by atoms with van der Waals surface area (Å²) < 4.78 is 1.38. The molecule has 0 aliphatic carbocycles. The standard InChI is InChI=1S/C12H19N5O/c1-8(2)4-5-9(3)14-10-6-11-15-16-12(18)17(11)7-13-10/h6-9,14H,4-5H2,1-3H3,(H,16,18). The third-order valence-electron chi connectivity index (χ3n) is 2.88. The summed E-state index contributed by atoms with van der Waals surface area (Å²) in [6, 6.07) is 2.12. The van der Waals surface area contributed by atoms with Crippen LogP contribution in [-0.4, -0.2) is 25.6 Å². The van der Waals surface area contributed by atoms with Crippen LogP contribution in [-0.2, 0) is 0 Å². The Bertz CT molecular complexity index is 571. The number of H-pyrrole nitrogens is 1. The van der Waals surface area contributed by atoms with E-state index in [2.05, 4.69) is 41.3 Å². The van der Waals surface area contributed by atoms with E-state index >= 15 is 0 Å². The molecule has 2 heterocycles. The topological polar surface area (TPSA) is 75.1 Å².